The largest absolute Gasteiger partial charge is 0.379 e. The van der Waals surface area contributed by atoms with E-state index >= 15 is 0 Å². The van der Waals surface area contributed by atoms with Crippen molar-refractivity contribution >= 4 is 24.1 Å². The van der Waals surface area contributed by atoms with Gasteiger partial charge in [0.05, 0.1) is 36.7 Å². The molecule has 41 heavy (non-hydrogen) atoms. The van der Waals surface area contributed by atoms with Crippen molar-refractivity contribution < 1.29 is 9.66 Å². The number of benzene rings is 3. The van der Waals surface area contributed by atoms with Gasteiger partial charge in [-0.1, -0.05) is 48.5 Å². The predicted molar refractivity (Wildman–Crippen MR) is 155 cm³/mol. The zero-order valence-electron chi connectivity index (χ0n) is 21.9. The van der Waals surface area contributed by atoms with Crippen molar-refractivity contribution in [2.75, 3.05) is 26.3 Å². The van der Waals surface area contributed by atoms with Crippen LogP contribution in [-0.2, 0) is 11.4 Å². The highest BCUT2D eigenvalue weighted by atomic mass is 32.1. The Morgan fingerprint density at radius 3 is 2.29 bits per heavy atom. The van der Waals surface area contributed by atoms with E-state index in [1.807, 2.05) is 60.7 Å². The van der Waals surface area contributed by atoms with Crippen LogP contribution in [0.1, 0.15) is 5.56 Å². The first-order valence-electron chi connectivity index (χ1n) is 12.9. The van der Waals surface area contributed by atoms with Gasteiger partial charge in [-0.2, -0.15) is 9.78 Å². The smallest absolute Gasteiger partial charge is 0.269 e. The fraction of sp³-hybridized carbons (Fsp3) is 0.179. The molecule has 3 aromatic carbocycles. The van der Waals surface area contributed by atoms with Gasteiger partial charge in [-0.05, 0) is 42.0 Å². The minimum absolute atomic E-state index is 0.00174. The van der Waals surface area contributed by atoms with Gasteiger partial charge >= 0.3 is 0 Å². The van der Waals surface area contributed by atoms with Crippen LogP contribution in [0.3, 0.4) is 0 Å². The highest BCUT2D eigenvalue weighted by Crippen LogP contribution is 2.25. The second-order valence-electron chi connectivity index (χ2n) is 9.25. The lowest BCUT2D eigenvalue weighted by Crippen LogP contribution is -2.37. The van der Waals surface area contributed by atoms with Crippen molar-refractivity contribution in [2.24, 2.45) is 5.10 Å². The maximum atomic E-state index is 11.1. The fourth-order valence-electron chi connectivity index (χ4n) is 4.40. The van der Waals surface area contributed by atoms with Gasteiger partial charge in [0.25, 0.3) is 5.69 Å². The number of para-hydroxylation sites is 1. The number of nitro groups is 1. The van der Waals surface area contributed by atoms with Crippen LogP contribution in [0.2, 0.25) is 0 Å². The Morgan fingerprint density at radius 2 is 1.61 bits per heavy atom. The molecule has 1 fully saturated rings. The first-order valence-corrected chi connectivity index (χ1v) is 13.3. The third-order valence-electron chi connectivity index (χ3n) is 6.52. The summed E-state index contributed by atoms with van der Waals surface area (Å²) >= 11 is 5.82. The first kappa shape index (κ1) is 26.4. The molecule has 1 aliphatic heterocycles. The summed E-state index contributed by atoms with van der Waals surface area (Å²) in [5.74, 6) is 1.36. The van der Waals surface area contributed by atoms with E-state index in [-0.39, 0.29) is 5.69 Å². The molecule has 13 heteroatoms. The van der Waals surface area contributed by atoms with Crippen LogP contribution in [0.15, 0.2) is 90.0 Å². The Balaban J connectivity index is 1.45. The molecule has 0 radical (unpaired) electrons. The van der Waals surface area contributed by atoms with Crippen LogP contribution in [0.25, 0.3) is 28.7 Å². The summed E-state index contributed by atoms with van der Waals surface area (Å²) in [7, 11) is 0. The van der Waals surface area contributed by atoms with Gasteiger partial charge in [0.15, 0.2) is 5.82 Å². The SMILES string of the molecule is O=[N+]([O-])c1ccc(/C=N\n2c(-c3nc(-c4ccccc4)n(-c4ccccc4)n3)nn(CN3CCOCC3)c2=S)cc1. The molecule has 12 nitrogen and oxygen atoms in total. The van der Waals surface area contributed by atoms with Gasteiger partial charge in [-0.25, -0.2) is 14.3 Å². The minimum Gasteiger partial charge on any atom is -0.379 e. The van der Waals surface area contributed by atoms with E-state index < -0.39 is 4.92 Å². The third kappa shape index (κ3) is 5.72. The van der Waals surface area contributed by atoms with Crippen molar-refractivity contribution in [3.8, 4) is 28.7 Å². The van der Waals surface area contributed by atoms with Gasteiger partial charge in [0.2, 0.25) is 16.4 Å². The van der Waals surface area contributed by atoms with E-state index in [9.17, 15) is 10.1 Å². The zero-order chi connectivity index (χ0) is 28.2. The van der Waals surface area contributed by atoms with E-state index in [1.165, 1.54) is 16.8 Å². The Kier molecular flexibility index (Phi) is 7.54. The van der Waals surface area contributed by atoms with E-state index in [4.69, 9.17) is 32.1 Å². The average molecular weight is 568 g/mol. The Hall–Kier alpha value is -4.85. The molecule has 6 rings (SSSR count). The number of non-ortho nitro benzene ring substituents is 1. The highest BCUT2D eigenvalue weighted by Gasteiger charge is 2.22. The Bertz CT molecular complexity index is 1680. The maximum absolute atomic E-state index is 11.1. The molecular weight excluding hydrogens is 542 g/mol. The number of rotatable bonds is 8. The molecule has 0 aliphatic carbocycles. The third-order valence-corrected chi connectivity index (χ3v) is 6.91. The normalized spacial score (nSPS) is 14.0. The Morgan fingerprint density at radius 1 is 0.927 bits per heavy atom. The van der Waals surface area contributed by atoms with Crippen LogP contribution < -0.4 is 0 Å². The standard InChI is InChI=1S/C28H25N9O3S/c38-37(39)24-13-11-21(12-14-24)19-29-36-27(32-34(28(36)41)20-33-15-17-40-18-16-33)25-30-26(22-7-3-1-4-8-22)35(31-25)23-9-5-2-6-10-23/h1-14,19H,15-18,20H2/b29-19-. The van der Waals surface area contributed by atoms with Gasteiger partial charge < -0.3 is 4.74 Å². The van der Waals surface area contributed by atoms with Crippen molar-refractivity contribution in [1.82, 2.24) is 34.1 Å². The van der Waals surface area contributed by atoms with Crippen molar-refractivity contribution in [3.63, 3.8) is 0 Å². The maximum Gasteiger partial charge on any atom is 0.269 e. The summed E-state index contributed by atoms with van der Waals surface area (Å²) in [5, 5.41) is 25.4. The predicted octanol–water partition coefficient (Wildman–Crippen LogP) is 4.41. The molecule has 3 heterocycles. The lowest BCUT2D eigenvalue weighted by molar-refractivity contribution is -0.384. The van der Waals surface area contributed by atoms with Gasteiger partial charge in [-0.15, -0.1) is 10.2 Å². The molecule has 0 unspecified atom stereocenters. The van der Waals surface area contributed by atoms with Crippen LogP contribution >= 0.6 is 12.2 Å². The average Bonchev–Trinajstić information content (AvgIpc) is 3.59. The lowest BCUT2D eigenvalue weighted by atomic mass is 10.2. The number of aromatic nitrogens is 6. The summed E-state index contributed by atoms with van der Waals surface area (Å²) in [4.78, 5) is 17.7. The number of hydrogen-bond acceptors (Lipinski definition) is 9. The first-order chi connectivity index (χ1) is 20.1. The second kappa shape index (κ2) is 11.7. The zero-order valence-corrected chi connectivity index (χ0v) is 22.7. The number of morpholine rings is 1. The monoisotopic (exact) mass is 567 g/mol. The van der Waals surface area contributed by atoms with Gasteiger partial charge in [0.1, 0.15) is 0 Å². The van der Waals surface area contributed by atoms with Crippen molar-refractivity contribution in [3.05, 3.63) is 105 Å². The molecule has 1 aliphatic rings. The minimum atomic E-state index is -0.441. The molecule has 0 amide bonds. The highest BCUT2D eigenvalue weighted by molar-refractivity contribution is 7.71. The summed E-state index contributed by atoms with van der Waals surface area (Å²) in [5.41, 5.74) is 2.40. The summed E-state index contributed by atoms with van der Waals surface area (Å²) in [6.45, 7) is 3.26. The van der Waals surface area contributed by atoms with Crippen LogP contribution in [0, 0.1) is 14.9 Å². The molecule has 0 bridgehead atoms. The second-order valence-corrected chi connectivity index (χ2v) is 9.62. The molecule has 206 valence electrons. The van der Waals surface area contributed by atoms with Crippen LogP contribution in [0.5, 0.6) is 0 Å². The molecular formula is C28H25N9O3S. The van der Waals surface area contributed by atoms with E-state index in [0.717, 1.165) is 24.3 Å². The van der Waals surface area contributed by atoms with E-state index in [2.05, 4.69) is 10.0 Å². The van der Waals surface area contributed by atoms with E-state index in [1.54, 1.807) is 27.7 Å². The molecule has 0 spiro atoms. The summed E-state index contributed by atoms with van der Waals surface area (Å²) < 4.78 is 10.9. The van der Waals surface area contributed by atoms with Crippen LogP contribution in [-0.4, -0.2) is 71.6 Å². The number of nitro benzene ring substituents is 1. The summed E-state index contributed by atoms with van der Waals surface area (Å²) in [6, 6.07) is 25.7. The number of ether oxygens (including phenoxy) is 1. The lowest BCUT2D eigenvalue weighted by Gasteiger charge is -2.25. The number of nitrogens with zero attached hydrogens (tertiary/aromatic N) is 9. The van der Waals surface area contributed by atoms with Gasteiger partial charge in [0, 0.05) is 30.8 Å². The molecule has 0 N–H and O–H groups in total. The fourth-order valence-corrected chi connectivity index (χ4v) is 4.64. The van der Waals surface area contributed by atoms with Crippen LogP contribution in [0.4, 0.5) is 5.69 Å². The summed E-state index contributed by atoms with van der Waals surface area (Å²) in [6.07, 6.45) is 1.58. The van der Waals surface area contributed by atoms with Crippen molar-refractivity contribution in [1.29, 1.82) is 0 Å². The molecule has 0 saturated carbocycles. The molecule has 1 saturated heterocycles. The molecule has 2 aromatic heterocycles. The quantitative estimate of drug-likeness (QED) is 0.117. The number of hydrogen-bond donors (Lipinski definition) is 0. The molecule has 5 aromatic rings. The van der Waals surface area contributed by atoms with Crippen molar-refractivity contribution in [2.45, 2.75) is 6.67 Å². The topological polar surface area (TPSA) is 121 Å². The molecule has 0 atom stereocenters. The Labute approximate surface area is 239 Å². The van der Waals surface area contributed by atoms with Gasteiger partial charge in [-0.3, -0.25) is 15.0 Å². The van der Waals surface area contributed by atoms with E-state index in [0.29, 0.717) is 47.7 Å².